The average molecular weight is 271 g/mol. The molecule has 2 aromatic heterocycles. The van der Waals surface area contributed by atoms with Crippen molar-refractivity contribution in [3.8, 4) is 11.6 Å². The molecule has 2 aromatic rings. The molecule has 19 heavy (non-hydrogen) atoms. The Bertz CT molecular complexity index is 628. The predicted molar refractivity (Wildman–Crippen MR) is 76.5 cm³/mol. The minimum Gasteiger partial charge on any atom is -0.437 e. The molecule has 1 aliphatic rings. The third-order valence-electron chi connectivity index (χ3n) is 3.13. The van der Waals surface area contributed by atoms with E-state index in [9.17, 15) is 0 Å². The van der Waals surface area contributed by atoms with Crippen LogP contribution in [0.4, 0.5) is 0 Å². The maximum atomic E-state index is 5.76. The summed E-state index contributed by atoms with van der Waals surface area (Å²) in [6.45, 7) is 0. The Labute approximate surface area is 116 Å². The van der Waals surface area contributed by atoms with Gasteiger partial charge in [0, 0.05) is 11.9 Å². The second kappa shape index (κ2) is 4.93. The van der Waals surface area contributed by atoms with Crippen LogP contribution >= 0.6 is 12.2 Å². The highest BCUT2D eigenvalue weighted by atomic mass is 32.1. The highest BCUT2D eigenvalue weighted by molar-refractivity contribution is 7.80. The molecule has 0 saturated carbocycles. The number of thiocarbonyl (C=S) groups is 1. The summed E-state index contributed by atoms with van der Waals surface area (Å²) in [5.74, 6) is 1.10. The fraction of sp³-hybridized carbons (Fsp3) is 0.214. The summed E-state index contributed by atoms with van der Waals surface area (Å²) < 4.78 is 5.75. The van der Waals surface area contributed by atoms with Gasteiger partial charge >= 0.3 is 0 Å². The number of nitrogens with two attached hydrogens (primary N) is 1. The number of hydrogen-bond donors (Lipinski definition) is 1. The van der Waals surface area contributed by atoms with Crippen molar-refractivity contribution in [2.45, 2.75) is 19.3 Å². The zero-order valence-corrected chi connectivity index (χ0v) is 11.1. The first-order valence-electron chi connectivity index (χ1n) is 6.14. The van der Waals surface area contributed by atoms with E-state index in [0.29, 0.717) is 22.2 Å². The van der Waals surface area contributed by atoms with Gasteiger partial charge in [-0.25, -0.2) is 4.98 Å². The van der Waals surface area contributed by atoms with Crippen LogP contribution in [0.5, 0.6) is 11.6 Å². The van der Waals surface area contributed by atoms with Gasteiger partial charge in [-0.2, -0.15) is 0 Å². The molecule has 0 unspecified atom stereocenters. The molecule has 5 heteroatoms. The van der Waals surface area contributed by atoms with Crippen LogP contribution in [0.25, 0.3) is 0 Å². The normalized spacial score (nSPS) is 13.1. The van der Waals surface area contributed by atoms with E-state index in [2.05, 4.69) is 9.97 Å². The highest BCUT2D eigenvalue weighted by Gasteiger charge is 2.18. The standard InChI is InChI=1S/C14H13N3OS/c15-13(19)11-7-9-3-1-5-12(9)17-14(11)18-10-4-2-6-16-8-10/h2,4,6-8H,1,3,5H2,(H2,15,19). The average Bonchev–Trinajstić information content (AvgIpc) is 2.86. The Hall–Kier alpha value is -2.01. The van der Waals surface area contributed by atoms with E-state index in [1.54, 1.807) is 12.4 Å². The van der Waals surface area contributed by atoms with Crippen molar-refractivity contribution in [1.29, 1.82) is 0 Å². The van der Waals surface area contributed by atoms with Gasteiger partial charge in [0.25, 0.3) is 0 Å². The molecule has 4 nitrogen and oxygen atoms in total. The van der Waals surface area contributed by atoms with E-state index in [0.717, 1.165) is 25.0 Å². The van der Waals surface area contributed by atoms with Crippen LogP contribution in [-0.2, 0) is 12.8 Å². The molecule has 0 saturated heterocycles. The predicted octanol–water partition coefficient (Wildman–Crippen LogP) is 2.39. The van der Waals surface area contributed by atoms with Gasteiger partial charge in [-0.15, -0.1) is 0 Å². The molecule has 0 amide bonds. The summed E-state index contributed by atoms with van der Waals surface area (Å²) in [6.07, 6.45) is 6.46. The first-order chi connectivity index (χ1) is 9.24. The SMILES string of the molecule is NC(=S)c1cc2c(nc1Oc1cccnc1)CCC2. The summed E-state index contributed by atoms with van der Waals surface area (Å²) in [5, 5.41) is 0. The van der Waals surface area contributed by atoms with Gasteiger partial charge in [0.2, 0.25) is 5.88 Å². The number of ether oxygens (including phenoxy) is 1. The summed E-state index contributed by atoms with van der Waals surface area (Å²) in [4.78, 5) is 8.87. The Balaban J connectivity index is 2.02. The van der Waals surface area contributed by atoms with Gasteiger partial charge in [0.05, 0.1) is 11.8 Å². The Kier molecular flexibility index (Phi) is 3.13. The third kappa shape index (κ3) is 2.42. The fourth-order valence-electron chi connectivity index (χ4n) is 2.23. The van der Waals surface area contributed by atoms with Gasteiger partial charge < -0.3 is 10.5 Å². The van der Waals surface area contributed by atoms with Gasteiger partial charge in [-0.05, 0) is 43.0 Å². The number of fused-ring (bicyclic) bond motifs is 1. The lowest BCUT2D eigenvalue weighted by Gasteiger charge is -2.11. The molecule has 1 aliphatic carbocycles. The highest BCUT2D eigenvalue weighted by Crippen LogP contribution is 2.29. The van der Waals surface area contributed by atoms with E-state index in [1.165, 1.54) is 5.56 Å². The summed E-state index contributed by atoms with van der Waals surface area (Å²) in [7, 11) is 0. The molecule has 0 spiro atoms. The molecule has 3 rings (SSSR count). The number of aromatic nitrogens is 2. The molecular formula is C14H13N3OS. The van der Waals surface area contributed by atoms with Crippen molar-refractivity contribution in [3.05, 3.63) is 47.4 Å². The monoisotopic (exact) mass is 271 g/mol. The maximum absolute atomic E-state index is 5.76. The van der Waals surface area contributed by atoms with Crippen LogP contribution in [0.3, 0.4) is 0 Å². The van der Waals surface area contributed by atoms with Crippen molar-refractivity contribution in [2.75, 3.05) is 0 Å². The Morgan fingerprint density at radius 2 is 2.26 bits per heavy atom. The van der Waals surface area contributed by atoms with Crippen molar-refractivity contribution < 1.29 is 4.74 Å². The van der Waals surface area contributed by atoms with Crippen molar-refractivity contribution >= 4 is 17.2 Å². The summed E-state index contributed by atoms with van der Waals surface area (Å²) in [5.41, 5.74) is 8.76. The van der Waals surface area contributed by atoms with Crippen molar-refractivity contribution in [2.24, 2.45) is 5.73 Å². The Morgan fingerprint density at radius 3 is 3.00 bits per heavy atom. The van der Waals surface area contributed by atoms with Gasteiger partial charge in [0.15, 0.2) is 0 Å². The molecule has 96 valence electrons. The largest absolute Gasteiger partial charge is 0.437 e. The smallest absolute Gasteiger partial charge is 0.229 e. The van der Waals surface area contributed by atoms with E-state index >= 15 is 0 Å². The zero-order chi connectivity index (χ0) is 13.2. The Morgan fingerprint density at radius 1 is 1.37 bits per heavy atom. The lowest BCUT2D eigenvalue weighted by molar-refractivity contribution is 0.458. The van der Waals surface area contributed by atoms with E-state index < -0.39 is 0 Å². The van der Waals surface area contributed by atoms with Gasteiger partial charge in [0.1, 0.15) is 10.7 Å². The lowest BCUT2D eigenvalue weighted by atomic mass is 10.1. The lowest BCUT2D eigenvalue weighted by Crippen LogP contribution is -2.13. The molecule has 0 bridgehead atoms. The number of hydrogen-bond acceptors (Lipinski definition) is 4. The summed E-state index contributed by atoms with van der Waals surface area (Å²) >= 11 is 5.08. The van der Waals surface area contributed by atoms with Crippen LogP contribution in [-0.4, -0.2) is 15.0 Å². The van der Waals surface area contributed by atoms with Crippen LogP contribution < -0.4 is 10.5 Å². The second-order valence-corrected chi connectivity index (χ2v) is 4.90. The molecule has 0 aliphatic heterocycles. The molecular weight excluding hydrogens is 258 g/mol. The minimum atomic E-state index is 0.307. The number of rotatable bonds is 3. The van der Waals surface area contributed by atoms with Crippen LogP contribution in [0, 0.1) is 0 Å². The molecule has 0 fully saturated rings. The minimum absolute atomic E-state index is 0.307. The zero-order valence-electron chi connectivity index (χ0n) is 10.3. The summed E-state index contributed by atoms with van der Waals surface area (Å²) in [6, 6.07) is 5.64. The quantitative estimate of drug-likeness (QED) is 0.869. The second-order valence-electron chi connectivity index (χ2n) is 4.46. The molecule has 2 N–H and O–H groups in total. The topological polar surface area (TPSA) is 61.0 Å². The molecule has 0 radical (unpaired) electrons. The van der Waals surface area contributed by atoms with E-state index in [-0.39, 0.29) is 0 Å². The first kappa shape index (κ1) is 12.0. The van der Waals surface area contributed by atoms with Crippen LogP contribution in [0.1, 0.15) is 23.2 Å². The molecule has 0 aromatic carbocycles. The number of aryl methyl sites for hydroxylation is 2. The number of nitrogens with zero attached hydrogens (tertiary/aromatic N) is 2. The van der Waals surface area contributed by atoms with E-state index in [1.807, 2.05) is 18.2 Å². The van der Waals surface area contributed by atoms with Crippen molar-refractivity contribution in [1.82, 2.24) is 9.97 Å². The number of pyridine rings is 2. The molecule has 2 heterocycles. The first-order valence-corrected chi connectivity index (χ1v) is 6.55. The van der Waals surface area contributed by atoms with E-state index in [4.69, 9.17) is 22.7 Å². The third-order valence-corrected chi connectivity index (χ3v) is 3.35. The molecule has 0 atom stereocenters. The van der Waals surface area contributed by atoms with Gasteiger partial charge in [-0.1, -0.05) is 12.2 Å². The maximum Gasteiger partial charge on any atom is 0.229 e. The van der Waals surface area contributed by atoms with Crippen LogP contribution in [0.2, 0.25) is 0 Å². The van der Waals surface area contributed by atoms with Gasteiger partial charge in [-0.3, -0.25) is 4.98 Å². The van der Waals surface area contributed by atoms with Crippen molar-refractivity contribution in [3.63, 3.8) is 0 Å². The fourth-order valence-corrected chi connectivity index (χ4v) is 2.37. The van der Waals surface area contributed by atoms with Crippen LogP contribution in [0.15, 0.2) is 30.6 Å².